The molecule has 2 heterocycles. The number of hydrogen-bond donors (Lipinski definition) is 1. The lowest BCUT2D eigenvalue weighted by Crippen LogP contribution is -2.52. The average molecular weight is 442 g/mol. The van der Waals surface area contributed by atoms with E-state index in [2.05, 4.69) is 16.3 Å². The number of urea groups is 1. The molecule has 2 aromatic rings. The topological polar surface area (TPSA) is 73.0 Å². The van der Waals surface area contributed by atoms with Crippen LogP contribution in [0.25, 0.3) is 0 Å². The fourth-order valence-electron chi connectivity index (χ4n) is 4.19. The molecule has 0 aliphatic carbocycles. The summed E-state index contributed by atoms with van der Waals surface area (Å²) >= 11 is 0. The van der Waals surface area contributed by atoms with Crippen molar-refractivity contribution < 1.29 is 23.2 Å². The lowest BCUT2D eigenvalue weighted by atomic mass is 9.91. The van der Waals surface area contributed by atoms with Gasteiger partial charge in [-0.15, -0.1) is 0 Å². The van der Waals surface area contributed by atoms with Crippen LogP contribution in [0.15, 0.2) is 42.5 Å². The first kappa shape index (κ1) is 21.7. The van der Waals surface area contributed by atoms with Gasteiger partial charge in [-0.25, -0.2) is 13.6 Å². The van der Waals surface area contributed by atoms with Gasteiger partial charge in [0.25, 0.3) is 5.91 Å². The number of nitrogens with one attached hydrogen (secondary N) is 1. The van der Waals surface area contributed by atoms with E-state index in [1.54, 1.807) is 4.90 Å². The molecule has 9 heteroatoms. The molecule has 1 N–H and O–H groups in total. The lowest BCUT2D eigenvalue weighted by molar-refractivity contribution is -0.139. The van der Waals surface area contributed by atoms with Gasteiger partial charge in [-0.1, -0.05) is 18.2 Å². The van der Waals surface area contributed by atoms with Gasteiger partial charge in [0, 0.05) is 43.5 Å². The van der Waals surface area contributed by atoms with Gasteiger partial charge in [0.15, 0.2) is 0 Å². The third-order valence-corrected chi connectivity index (χ3v) is 6.04. The number of aryl methyl sites for hydroxylation is 1. The predicted molar refractivity (Wildman–Crippen MR) is 114 cm³/mol. The molecule has 2 aromatic carbocycles. The number of carbonyl (C=O) groups excluding carboxylic acids is 3. The molecule has 168 valence electrons. The Bertz CT molecular complexity index is 1080. The fraction of sp³-hybridized carbons (Fsp3) is 0.348. The summed E-state index contributed by atoms with van der Waals surface area (Å²) in [4.78, 5) is 42.8. The number of anilines is 1. The van der Waals surface area contributed by atoms with Crippen molar-refractivity contribution in [2.75, 3.05) is 37.6 Å². The van der Waals surface area contributed by atoms with E-state index in [-0.39, 0.29) is 11.5 Å². The molecular formula is C23H24F2N4O3. The van der Waals surface area contributed by atoms with Gasteiger partial charge in [-0.05, 0) is 37.6 Å². The van der Waals surface area contributed by atoms with Crippen molar-refractivity contribution >= 4 is 23.5 Å². The van der Waals surface area contributed by atoms with Crippen molar-refractivity contribution in [2.45, 2.75) is 19.4 Å². The van der Waals surface area contributed by atoms with Crippen molar-refractivity contribution in [1.82, 2.24) is 15.1 Å². The van der Waals surface area contributed by atoms with E-state index in [4.69, 9.17) is 0 Å². The van der Waals surface area contributed by atoms with E-state index in [1.165, 1.54) is 6.92 Å². The number of piperazine rings is 1. The van der Waals surface area contributed by atoms with Crippen molar-refractivity contribution in [2.24, 2.45) is 0 Å². The lowest BCUT2D eigenvalue weighted by Gasteiger charge is -2.36. The van der Waals surface area contributed by atoms with Crippen LogP contribution in [-0.2, 0) is 15.1 Å². The summed E-state index contributed by atoms with van der Waals surface area (Å²) in [6.07, 6.45) is 0. The Balaban J connectivity index is 1.41. The molecule has 0 saturated carbocycles. The van der Waals surface area contributed by atoms with Crippen molar-refractivity contribution in [3.8, 4) is 0 Å². The highest BCUT2D eigenvalue weighted by Gasteiger charge is 2.51. The summed E-state index contributed by atoms with van der Waals surface area (Å²) in [5.41, 5.74) is 0.376. The predicted octanol–water partition coefficient (Wildman–Crippen LogP) is 2.39. The van der Waals surface area contributed by atoms with Gasteiger partial charge in [0.2, 0.25) is 5.91 Å². The van der Waals surface area contributed by atoms with Crippen molar-refractivity contribution in [3.63, 3.8) is 0 Å². The summed E-state index contributed by atoms with van der Waals surface area (Å²) in [6, 6.07) is 10.1. The van der Waals surface area contributed by atoms with Crippen LogP contribution in [0.4, 0.5) is 19.3 Å². The molecule has 2 fully saturated rings. The molecule has 4 rings (SSSR count). The monoisotopic (exact) mass is 442 g/mol. The molecule has 2 aliphatic rings. The van der Waals surface area contributed by atoms with E-state index >= 15 is 0 Å². The van der Waals surface area contributed by atoms with Crippen molar-refractivity contribution in [1.29, 1.82) is 0 Å². The third-order valence-electron chi connectivity index (χ3n) is 6.04. The van der Waals surface area contributed by atoms with E-state index in [9.17, 15) is 23.2 Å². The molecular weight excluding hydrogens is 418 g/mol. The van der Waals surface area contributed by atoms with Gasteiger partial charge >= 0.3 is 6.03 Å². The summed E-state index contributed by atoms with van der Waals surface area (Å²) in [5.74, 6) is -2.84. The molecule has 0 radical (unpaired) electrons. The van der Waals surface area contributed by atoms with E-state index in [0.29, 0.717) is 32.2 Å². The average Bonchev–Trinajstić information content (AvgIpc) is 2.97. The maximum atomic E-state index is 14.3. The fourth-order valence-corrected chi connectivity index (χ4v) is 4.19. The first-order valence-corrected chi connectivity index (χ1v) is 10.4. The minimum absolute atomic E-state index is 0.154. The summed E-state index contributed by atoms with van der Waals surface area (Å²) in [6.45, 7) is 5.11. The normalized spacial score (nSPS) is 21.2. The van der Waals surface area contributed by atoms with Gasteiger partial charge in [-0.2, -0.15) is 0 Å². The van der Waals surface area contributed by atoms with Gasteiger partial charge in [0.1, 0.15) is 23.7 Å². The van der Waals surface area contributed by atoms with Crippen LogP contribution >= 0.6 is 0 Å². The molecule has 7 nitrogen and oxygen atoms in total. The number of imide groups is 1. The quantitative estimate of drug-likeness (QED) is 0.738. The SMILES string of the molecule is Cc1cccc(N2CCN(C(=O)CN3C(=O)NC(C)(c4ccc(F)cc4F)C3=O)CC2)c1. The van der Waals surface area contributed by atoms with Crippen LogP contribution in [0.3, 0.4) is 0 Å². The summed E-state index contributed by atoms with van der Waals surface area (Å²) in [7, 11) is 0. The number of amides is 4. The van der Waals surface area contributed by atoms with E-state index < -0.39 is 35.7 Å². The largest absolute Gasteiger partial charge is 0.368 e. The number of rotatable bonds is 4. The highest BCUT2D eigenvalue weighted by molar-refractivity contribution is 6.09. The number of halogens is 2. The maximum absolute atomic E-state index is 14.3. The van der Waals surface area contributed by atoms with Crippen LogP contribution in [-0.4, -0.2) is 60.4 Å². The smallest absolute Gasteiger partial charge is 0.325 e. The van der Waals surface area contributed by atoms with Gasteiger partial charge in [0.05, 0.1) is 0 Å². The molecule has 0 aromatic heterocycles. The van der Waals surface area contributed by atoms with Crippen LogP contribution in [0.1, 0.15) is 18.1 Å². The number of nitrogens with zero attached hydrogens (tertiary/aromatic N) is 3. The minimum atomic E-state index is -1.71. The Kier molecular flexibility index (Phi) is 5.58. The van der Waals surface area contributed by atoms with Crippen LogP contribution in [0.2, 0.25) is 0 Å². The third kappa shape index (κ3) is 3.90. The summed E-state index contributed by atoms with van der Waals surface area (Å²) < 4.78 is 27.6. The Hall–Kier alpha value is -3.49. The van der Waals surface area contributed by atoms with Crippen LogP contribution in [0.5, 0.6) is 0 Å². The zero-order chi connectivity index (χ0) is 23.0. The second-order valence-electron chi connectivity index (χ2n) is 8.28. The number of carbonyl (C=O) groups is 3. The zero-order valence-corrected chi connectivity index (χ0v) is 17.9. The Labute approximate surface area is 184 Å². The molecule has 4 amide bonds. The molecule has 1 atom stereocenters. The first-order valence-electron chi connectivity index (χ1n) is 10.4. The van der Waals surface area contributed by atoms with Gasteiger partial charge in [-0.3, -0.25) is 14.5 Å². The second-order valence-corrected chi connectivity index (χ2v) is 8.28. The van der Waals surface area contributed by atoms with Crippen molar-refractivity contribution in [3.05, 3.63) is 65.2 Å². The zero-order valence-electron chi connectivity index (χ0n) is 17.9. The Morgan fingerprint density at radius 2 is 1.78 bits per heavy atom. The van der Waals surface area contributed by atoms with Crippen LogP contribution < -0.4 is 10.2 Å². The molecule has 2 saturated heterocycles. The maximum Gasteiger partial charge on any atom is 0.325 e. The number of hydrogen-bond acceptors (Lipinski definition) is 4. The molecule has 32 heavy (non-hydrogen) atoms. The summed E-state index contributed by atoms with van der Waals surface area (Å²) in [5, 5.41) is 2.44. The van der Waals surface area contributed by atoms with Gasteiger partial charge < -0.3 is 15.1 Å². The number of benzene rings is 2. The van der Waals surface area contributed by atoms with Crippen LogP contribution in [0, 0.1) is 18.6 Å². The van der Waals surface area contributed by atoms with E-state index in [0.717, 1.165) is 28.3 Å². The molecule has 1 unspecified atom stereocenters. The van der Waals surface area contributed by atoms with E-state index in [1.807, 2.05) is 25.1 Å². The Morgan fingerprint density at radius 1 is 1.06 bits per heavy atom. The Morgan fingerprint density at radius 3 is 2.44 bits per heavy atom. The second kappa shape index (κ2) is 8.22. The molecule has 0 spiro atoms. The highest BCUT2D eigenvalue weighted by Crippen LogP contribution is 2.31. The molecule has 2 aliphatic heterocycles. The minimum Gasteiger partial charge on any atom is -0.368 e. The first-order chi connectivity index (χ1) is 15.2. The molecule has 0 bridgehead atoms. The highest BCUT2D eigenvalue weighted by atomic mass is 19.1. The standard InChI is InChI=1S/C23H24F2N4O3/c1-15-4-3-5-17(12-15)27-8-10-28(11-9-27)20(30)14-29-21(31)23(2,26-22(29)32)18-7-6-16(24)13-19(18)25/h3-7,12-13H,8-11,14H2,1-2H3,(H,26,32).